The van der Waals surface area contributed by atoms with Crippen LogP contribution in [0.1, 0.15) is 19.4 Å². The fourth-order valence-corrected chi connectivity index (χ4v) is 2.46. The van der Waals surface area contributed by atoms with E-state index in [4.69, 9.17) is 25.8 Å². The van der Waals surface area contributed by atoms with E-state index in [1.165, 1.54) is 14.0 Å². The lowest BCUT2D eigenvalue weighted by Crippen LogP contribution is -2.33. The average Bonchev–Trinajstić information content (AvgIpc) is 2.63. The van der Waals surface area contributed by atoms with Gasteiger partial charge in [-0.1, -0.05) is 23.7 Å². The lowest BCUT2D eigenvalue weighted by Gasteiger charge is -2.23. The number of hydrogen-bond acceptors (Lipinski definition) is 5. The van der Waals surface area contributed by atoms with Gasteiger partial charge >= 0.3 is 5.97 Å². The molecule has 5 nitrogen and oxygen atoms in total. The lowest BCUT2D eigenvalue weighted by atomic mass is 9.83. The highest BCUT2D eigenvalue weighted by Gasteiger charge is 2.40. The van der Waals surface area contributed by atoms with Gasteiger partial charge in [-0.3, -0.25) is 0 Å². The number of para-hydroxylation sites is 1. The molecule has 0 radical (unpaired) electrons. The molecule has 0 aliphatic heterocycles. The third-order valence-corrected chi connectivity index (χ3v) is 3.99. The molecule has 0 aromatic heterocycles. The second kappa shape index (κ2) is 7.91. The molecule has 2 rings (SSSR count). The highest BCUT2D eigenvalue weighted by molar-refractivity contribution is 6.32. The monoisotopic (exact) mass is 359 g/mol. The van der Waals surface area contributed by atoms with Crippen molar-refractivity contribution in [2.75, 3.05) is 13.7 Å². The number of hydrogen-bond donors (Lipinski definition) is 0. The van der Waals surface area contributed by atoms with E-state index in [0.717, 1.165) is 0 Å². The molecule has 0 N–H and O–H groups in total. The van der Waals surface area contributed by atoms with Crippen LogP contribution in [0.15, 0.2) is 42.5 Å². The zero-order valence-electron chi connectivity index (χ0n) is 14.2. The van der Waals surface area contributed by atoms with Crippen LogP contribution in [0.25, 0.3) is 0 Å². The van der Waals surface area contributed by atoms with E-state index in [2.05, 4.69) is 0 Å². The van der Waals surface area contributed by atoms with Crippen LogP contribution in [0, 0.1) is 11.3 Å². The van der Waals surface area contributed by atoms with Gasteiger partial charge in [0.25, 0.3) is 0 Å². The Balaban J connectivity index is 2.48. The summed E-state index contributed by atoms with van der Waals surface area (Å²) in [6.07, 6.45) is 0. The van der Waals surface area contributed by atoms with Gasteiger partial charge in [0.05, 0.1) is 24.8 Å². The van der Waals surface area contributed by atoms with Gasteiger partial charge in [-0.05, 0) is 44.2 Å². The standard InChI is InChI=1S/C19H18ClNO4/c1-4-24-18(22)19(2,12-21)14-11-13(9-10-16(14)23-3)25-17-8-6-5-7-15(17)20/h5-11H,4H2,1-3H3. The molecular weight excluding hydrogens is 342 g/mol. The van der Waals surface area contributed by atoms with Crippen LogP contribution in [0.5, 0.6) is 17.2 Å². The summed E-state index contributed by atoms with van der Waals surface area (Å²) >= 11 is 6.11. The Labute approximate surface area is 151 Å². The van der Waals surface area contributed by atoms with E-state index in [1.54, 1.807) is 49.4 Å². The van der Waals surface area contributed by atoms with E-state index in [-0.39, 0.29) is 6.61 Å². The van der Waals surface area contributed by atoms with Crippen LogP contribution in [0.2, 0.25) is 5.02 Å². The van der Waals surface area contributed by atoms with Crippen LogP contribution >= 0.6 is 11.6 Å². The van der Waals surface area contributed by atoms with E-state index in [0.29, 0.717) is 27.8 Å². The van der Waals surface area contributed by atoms with Gasteiger partial charge in [-0.2, -0.15) is 5.26 Å². The van der Waals surface area contributed by atoms with Gasteiger partial charge in [0.15, 0.2) is 5.41 Å². The molecule has 0 amide bonds. The van der Waals surface area contributed by atoms with Crippen molar-refractivity contribution in [2.24, 2.45) is 0 Å². The molecule has 25 heavy (non-hydrogen) atoms. The number of carbonyl (C=O) groups is 1. The Morgan fingerprint density at radius 2 is 1.96 bits per heavy atom. The van der Waals surface area contributed by atoms with Crippen molar-refractivity contribution in [1.29, 1.82) is 5.26 Å². The number of ether oxygens (including phenoxy) is 3. The largest absolute Gasteiger partial charge is 0.496 e. The third kappa shape index (κ3) is 3.86. The predicted molar refractivity (Wildman–Crippen MR) is 94.1 cm³/mol. The predicted octanol–water partition coefficient (Wildman–Crippen LogP) is 4.49. The highest BCUT2D eigenvalue weighted by Crippen LogP contribution is 2.37. The molecule has 0 heterocycles. The van der Waals surface area contributed by atoms with E-state index < -0.39 is 11.4 Å². The van der Waals surface area contributed by atoms with Crippen LogP contribution in [-0.2, 0) is 14.9 Å². The van der Waals surface area contributed by atoms with Crippen molar-refractivity contribution in [1.82, 2.24) is 0 Å². The maximum atomic E-state index is 12.3. The fourth-order valence-electron chi connectivity index (χ4n) is 2.29. The Bertz CT molecular complexity index is 815. The van der Waals surface area contributed by atoms with E-state index in [1.807, 2.05) is 6.07 Å². The molecule has 1 atom stereocenters. The third-order valence-electron chi connectivity index (χ3n) is 3.68. The molecule has 1 unspecified atom stereocenters. The Morgan fingerprint density at radius 1 is 1.24 bits per heavy atom. The van der Waals surface area contributed by atoms with Crippen LogP contribution < -0.4 is 9.47 Å². The van der Waals surface area contributed by atoms with Gasteiger partial charge in [-0.25, -0.2) is 4.79 Å². The smallest absolute Gasteiger partial charge is 0.330 e. The summed E-state index contributed by atoms with van der Waals surface area (Å²) in [6.45, 7) is 3.35. The second-order valence-electron chi connectivity index (χ2n) is 5.35. The van der Waals surface area contributed by atoms with Crippen molar-refractivity contribution in [3.63, 3.8) is 0 Å². The Morgan fingerprint density at radius 3 is 2.56 bits per heavy atom. The SMILES string of the molecule is CCOC(=O)C(C)(C#N)c1cc(Oc2ccccc2Cl)ccc1OC. The Hall–Kier alpha value is -2.71. The topological polar surface area (TPSA) is 68.6 Å². The number of rotatable bonds is 6. The van der Waals surface area contributed by atoms with Crippen molar-refractivity contribution >= 4 is 17.6 Å². The minimum atomic E-state index is -1.53. The molecule has 0 aliphatic rings. The van der Waals surface area contributed by atoms with Crippen LogP contribution in [0.3, 0.4) is 0 Å². The maximum Gasteiger partial charge on any atom is 0.330 e. The molecule has 0 spiro atoms. The second-order valence-corrected chi connectivity index (χ2v) is 5.76. The first kappa shape index (κ1) is 18.6. The van der Waals surface area contributed by atoms with Gasteiger partial charge < -0.3 is 14.2 Å². The minimum absolute atomic E-state index is 0.175. The molecule has 0 saturated heterocycles. The highest BCUT2D eigenvalue weighted by atomic mass is 35.5. The lowest BCUT2D eigenvalue weighted by molar-refractivity contribution is -0.147. The summed E-state index contributed by atoms with van der Waals surface area (Å²) in [6, 6.07) is 13.9. The maximum absolute atomic E-state index is 12.3. The van der Waals surface area contributed by atoms with Crippen molar-refractivity contribution < 1.29 is 19.0 Å². The molecule has 0 saturated carbocycles. The quantitative estimate of drug-likeness (QED) is 0.711. The van der Waals surface area contributed by atoms with Crippen molar-refractivity contribution in [2.45, 2.75) is 19.3 Å². The molecule has 130 valence electrons. The fraction of sp³-hybridized carbons (Fsp3) is 0.263. The number of halogens is 1. The van der Waals surface area contributed by atoms with E-state index in [9.17, 15) is 10.1 Å². The van der Waals surface area contributed by atoms with Gasteiger partial charge in [0, 0.05) is 5.56 Å². The zero-order chi connectivity index (χ0) is 18.4. The molecular formula is C19H18ClNO4. The summed E-state index contributed by atoms with van der Waals surface area (Å²) in [7, 11) is 1.47. The van der Waals surface area contributed by atoms with Crippen LogP contribution in [-0.4, -0.2) is 19.7 Å². The number of nitriles is 1. The van der Waals surface area contributed by atoms with E-state index >= 15 is 0 Å². The molecule has 0 aliphatic carbocycles. The van der Waals surface area contributed by atoms with Crippen molar-refractivity contribution in [3.05, 3.63) is 53.1 Å². The zero-order valence-corrected chi connectivity index (χ0v) is 15.0. The first-order valence-corrected chi connectivity index (χ1v) is 8.03. The minimum Gasteiger partial charge on any atom is -0.496 e. The van der Waals surface area contributed by atoms with Gasteiger partial charge in [0.1, 0.15) is 17.2 Å². The Kier molecular flexibility index (Phi) is 5.89. The van der Waals surface area contributed by atoms with Crippen LogP contribution in [0.4, 0.5) is 0 Å². The summed E-state index contributed by atoms with van der Waals surface area (Å²) < 4.78 is 16.1. The molecule has 6 heteroatoms. The first-order chi connectivity index (χ1) is 12.0. The summed E-state index contributed by atoms with van der Waals surface area (Å²) in [5.74, 6) is 0.638. The number of nitrogens with zero attached hydrogens (tertiary/aromatic N) is 1. The van der Waals surface area contributed by atoms with Gasteiger partial charge in [0.2, 0.25) is 0 Å². The molecule has 0 fully saturated rings. The van der Waals surface area contributed by atoms with Crippen molar-refractivity contribution in [3.8, 4) is 23.3 Å². The normalized spacial score (nSPS) is 12.6. The number of methoxy groups -OCH3 is 1. The number of benzene rings is 2. The average molecular weight is 360 g/mol. The summed E-state index contributed by atoms with van der Waals surface area (Å²) in [4.78, 5) is 12.3. The molecule has 0 bridgehead atoms. The molecule has 2 aromatic carbocycles. The molecule has 2 aromatic rings. The number of carbonyl (C=O) groups excluding carboxylic acids is 1. The number of esters is 1. The van der Waals surface area contributed by atoms with Gasteiger partial charge in [-0.15, -0.1) is 0 Å². The first-order valence-electron chi connectivity index (χ1n) is 7.65. The summed E-state index contributed by atoms with van der Waals surface area (Å²) in [5, 5.41) is 10.1. The summed E-state index contributed by atoms with van der Waals surface area (Å²) in [5.41, 5.74) is -1.17.